The van der Waals surface area contributed by atoms with E-state index in [0.717, 1.165) is 6.54 Å². The zero-order valence-electron chi connectivity index (χ0n) is 17.1. The summed E-state index contributed by atoms with van der Waals surface area (Å²) in [5.41, 5.74) is 0. The highest BCUT2D eigenvalue weighted by Crippen LogP contribution is 2.26. The van der Waals surface area contributed by atoms with Crippen LogP contribution in [0.5, 0.6) is 0 Å². The number of amides is 1. The summed E-state index contributed by atoms with van der Waals surface area (Å²) in [7, 11) is 1.60. The van der Waals surface area contributed by atoms with Crippen molar-refractivity contribution < 1.29 is 17.5 Å². The molecule has 0 rings (SSSR count). The van der Waals surface area contributed by atoms with Crippen LogP contribution in [0, 0.1) is 17.8 Å². The fraction of sp³-hybridized carbons (Fsp3) is 0.833. The van der Waals surface area contributed by atoms with Gasteiger partial charge in [-0.1, -0.05) is 64.2 Å². The molecule has 0 radical (unpaired) electrons. The number of carbonyl (C=O) groups is 1. The van der Waals surface area contributed by atoms with Crippen LogP contribution in [0.25, 0.3) is 0 Å². The van der Waals surface area contributed by atoms with Crippen molar-refractivity contribution in [3.05, 3.63) is 0 Å². The molecule has 1 amide bonds. The van der Waals surface area contributed by atoms with Gasteiger partial charge >= 0.3 is 6.09 Å². The molecule has 7 heteroatoms. The second kappa shape index (κ2) is 19.8. The van der Waals surface area contributed by atoms with Crippen LogP contribution < -0.4 is 10.6 Å². The van der Waals surface area contributed by atoms with Crippen LogP contribution in [0.3, 0.4) is 0 Å². The third kappa shape index (κ3) is 28.5. The van der Waals surface area contributed by atoms with Gasteiger partial charge in [0.05, 0.1) is 13.2 Å². The molecular weight excluding hydrogens is 356 g/mol. The van der Waals surface area contributed by atoms with Gasteiger partial charge in [-0.05, 0) is 13.8 Å². The predicted octanol–water partition coefficient (Wildman–Crippen LogP) is 4.22. The van der Waals surface area contributed by atoms with E-state index in [1.807, 2.05) is 27.7 Å². The quantitative estimate of drug-likeness (QED) is 0.294. The Morgan fingerprint density at radius 2 is 1.88 bits per heavy atom. The molecule has 5 nitrogen and oxygen atoms in total. The van der Waals surface area contributed by atoms with Gasteiger partial charge in [-0.2, -0.15) is 0 Å². The molecule has 0 heterocycles. The number of hydrogen-bond donors (Lipinski definition) is 4. The third-order valence-corrected chi connectivity index (χ3v) is 4.34. The number of aliphatic hydroxyl groups excluding tert-OH is 1. The van der Waals surface area contributed by atoms with Crippen LogP contribution in [-0.4, -0.2) is 48.3 Å². The van der Waals surface area contributed by atoms with Crippen molar-refractivity contribution in [1.82, 2.24) is 10.6 Å². The van der Waals surface area contributed by atoms with E-state index in [1.54, 1.807) is 10.8 Å². The van der Waals surface area contributed by atoms with Gasteiger partial charge < -0.3 is 20.5 Å². The maximum Gasteiger partial charge on any atom is 0.407 e. The van der Waals surface area contributed by atoms with Crippen molar-refractivity contribution in [3.8, 4) is 11.8 Å². The normalized spacial score (nSPS) is 9.92. The largest absolute Gasteiger partial charge is 0.447 e. The minimum absolute atomic E-state index is 0. The first kappa shape index (κ1) is 29.2. The molecule has 0 bridgehead atoms. The molecule has 0 aromatic rings. The maximum absolute atomic E-state index is 10.7. The summed E-state index contributed by atoms with van der Waals surface area (Å²) < 4.78 is 4.77. The van der Waals surface area contributed by atoms with Crippen molar-refractivity contribution in [2.45, 2.75) is 66.2 Å². The Bertz CT molecular complexity index is 375. The van der Waals surface area contributed by atoms with E-state index in [0.29, 0.717) is 12.0 Å². The molecule has 0 aliphatic carbocycles. The predicted molar refractivity (Wildman–Crippen MR) is 118 cm³/mol. The molecule has 0 unspecified atom stereocenters. The van der Waals surface area contributed by atoms with Crippen molar-refractivity contribution in [1.29, 1.82) is 0 Å². The van der Waals surface area contributed by atoms with Crippen LogP contribution in [0.2, 0.25) is 0 Å². The molecule has 0 atom stereocenters. The Labute approximate surface area is 167 Å². The summed E-state index contributed by atoms with van der Waals surface area (Å²) in [5.74, 6) is 5.96. The van der Waals surface area contributed by atoms with E-state index >= 15 is 0 Å². The SMILES string of the molecule is CC.CC(C)C#CCNC(=O)OCCO.CC(C)NCC(C)(C)SS.[HH].[HH]. The zero-order chi connectivity index (χ0) is 20.3. The van der Waals surface area contributed by atoms with Gasteiger partial charge in [-0.25, -0.2) is 4.79 Å². The van der Waals surface area contributed by atoms with E-state index in [-0.39, 0.29) is 27.4 Å². The molecule has 3 N–H and O–H groups in total. The van der Waals surface area contributed by atoms with Crippen molar-refractivity contribution in [2.75, 3.05) is 26.3 Å². The number of thiol groups is 1. The summed E-state index contributed by atoms with van der Waals surface area (Å²) in [6, 6.07) is 0.569. The second-order valence-electron chi connectivity index (χ2n) is 6.08. The lowest BCUT2D eigenvalue weighted by Crippen LogP contribution is -2.35. The summed E-state index contributed by atoms with van der Waals surface area (Å²) in [6.07, 6.45) is -0.549. The number of aliphatic hydroxyl groups is 1. The maximum atomic E-state index is 10.7. The number of ether oxygens (including phenoxy) is 1. The molecule has 0 spiro atoms. The first-order valence-corrected chi connectivity index (χ1v) is 10.6. The summed E-state index contributed by atoms with van der Waals surface area (Å²) in [4.78, 5) is 10.7. The first-order valence-electron chi connectivity index (χ1n) is 8.70. The van der Waals surface area contributed by atoms with Gasteiger partial charge in [0.25, 0.3) is 0 Å². The summed E-state index contributed by atoms with van der Waals surface area (Å²) >= 11 is 4.18. The van der Waals surface area contributed by atoms with Gasteiger partial charge in [0.2, 0.25) is 0 Å². The average molecular weight is 399 g/mol. The summed E-state index contributed by atoms with van der Waals surface area (Å²) in [5, 5.41) is 14.1. The number of alkyl carbamates (subject to hydrolysis) is 1. The summed E-state index contributed by atoms with van der Waals surface area (Å²) in [6.45, 7) is 17.8. The molecule has 0 aromatic carbocycles. The van der Waals surface area contributed by atoms with E-state index in [9.17, 15) is 4.79 Å². The lowest BCUT2D eigenvalue weighted by Gasteiger charge is -2.22. The van der Waals surface area contributed by atoms with Gasteiger partial charge in [0.1, 0.15) is 6.61 Å². The monoisotopic (exact) mass is 398 g/mol. The molecule has 0 aliphatic heterocycles. The van der Waals surface area contributed by atoms with E-state index in [2.05, 4.69) is 66.6 Å². The Balaban J connectivity index is -0.000000105. The standard InChI is InChI=1S/C9H15NO3.C7H17NS2.C2H6.2H2/c1-8(2)4-3-5-10-9(12)13-7-6-11;1-6(2)8-5-7(3,4)10-9;1-2;;/h8,11H,5-7H2,1-2H3,(H,10,12);6,8-9H,5H2,1-4H3;1-2H3;2*1H. The van der Waals surface area contributed by atoms with Crippen molar-refractivity contribution >= 4 is 28.5 Å². The van der Waals surface area contributed by atoms with Crippen molar-refractivity contribution in [3.63, 3.8) is 0 Å². The Morgan fingerprint density at radius 3 is 2.28 bits per heavy atom. The highest BCUT2D eigenvalue weighted by Gasteiger charge is 2.15. The van der Waals surface area contributed by atoms with Gasteiger partial charge in [0, 0.05) is 26.1 Å². The molecule has 0 fully saturated rings. The number of nitrogens with one attached hydrogen (secondary N) is 2. The molecule has 0 saturated heterocycles. The van der Waals surface area contributed by atoms with Crippen LogP contribution in [0.4, 0.5) is 4.79 Å². The van der Waals surface area contributed by atoms with E-state index < -0.39 is 6.09 Å². The minimum Gasteiger partial charge on any atom is -0.447 e. The lowest BCUT2D eigenvalue weighted by atomic mass is 10.2. The smallest absolute Gasteiger partial charge is 0.407 e. The van der Waals surface area contributed by atoms with E-state index in [1.165, 1.54) is 0 Å². The van der Waals surface area contributed by atoms with Crippen LogP contribution in [0.1, 0.15) is 58.2 Å². The molecule has 25 heavy (non-hydrogen) atoms. The molecule has 0 saturated carbocycles. The highest BCUT2D eigenvalue weighted by molar-refractivity contribution is 8.69. The van der Waals surface area contributed by atoms with Gasteiger partial charge in [-0.15, -0.1) is 11.7 Å². The van der Waals surface area contributed by atoms with Gasteiger partial charge in [0.15, 0.2) is 0 Å². The Hall–Kier alpha value is -0.550. The fourth-order valence-corrected chi connectivity index (χ4v) is 1.38. The Kier molecular flexibility index (Phi) is 23.1. The minimum atomic E-state index is -0.549. The third-order valence-electron chi connectivity index (χ3n) is 2.22. The topological polar surface area (TPSA) is 70.6 Å². The first-order chi connectivity index (χ1) is 11.6. The van der Waals surface area contributed by atoms with Crippen LogP contribution >= 0.6 is 22.5 Å². The fourth-order valence-electron chi connectivity index (χ4n) is 1.04. The highest BCUT2D eigenvalue weighted by atomic mass is 33.1. The van der Waals surface area contributed by atoms with Crippen LogP contribution in [-0.2, 0) is 4.74 Å². The molecular formula is C18H42N2O3S2. The van der Waals surface area contributed by atoms with E-state index in [4.69, 9.17) is 5.11 Å². The van der Waals surface area contributed by atoms with Crippen molar-refractivity contribution in [2.24, 2.45) is 5.92 Å². The molecule has 0 aromatic heterocycles. The number of carbonyl (C=O) groups excluding carboxylic acids is 1. The molecule has 0 aliphatic rings. The van der Waals surface area contributed by atoms with Gasteiger partial charge in [-0.3, -0.25) is 0 Å². The number of hydrogen-bond acceptors (Lipinski definition) is 6. The lowest BCUT2D eigenvalue weighted by molar-refractivity contribution is 0.120. The average Bonchev–Trinajstić information content (AvgIpc) is 2.57. The Morgan fingerprint density at radius 1 is 1.32 bits per heavy atom. The number of rotatable bonds is 7. The zero-order valence-corrected chi connectivity index (χ0v) is 18.8. The van der Waals surface area contributed by atoms with Crippen LogP contribution in [0.15, 0.2) is 0 Å². The second-order valence-corrected chi connectivity index (χ2v) is 7.91. The molecule has 154 valence electrons.